The van der Waals surface area contributed by atoms with Crippen LogP contribution in [0.25, 0.3) is 11.1 Å². The van der Waals surface area contributed by atoms with Gasteiger partial charge >= 0.3 is 0 Å². The summed E-state index contributed by atoms with van der Waals surface area (Å²) in [6, 6.07) is 11.7. The van der Waals surface area contributed by atoms with Crippen LogP contribution in [0.1, 0.15) is 5.56 Å². The molecule has 146 valence electrons. The summed E-state index contributed by atoms with van der Waals surface area (Å²) in [6.07, 6.45) is 3.46. The molecule has 0 saturated carbocycles. The van der Waals surface area contributed by atoms with Gasteiger partial charge in [-0.05, 0) is 42.4 Å². The van der Waals surface area contributed by atoms with Crippen molar-refractivity contribution in [2.75, 3.05) is 12.4 Å². The summed E-state index contributed by atoms with van der Waals surface area (Å²) in [5.74, 6) is -0.302. The number of nitrogens with one attached hydrogen (secondary N) is 2. The van der Waals surface area contributed by atoms with E-state index < -0.39 is 10.0 Å². The van der Waals surface area contributed by atoms with E-state index >= 15 is 0 Å². The quantitative estimate of drug-likeness (QED) is 0.643. The third-order valence-corrected chi connectivity index (χ3v) is 5.88. The maximum Gasteiger partial charge on any atom is 0.240 e. The Kier molecular flexibility index (Phi) is 5.83. The second-order valence-electron chi connectivity index (χ2n) is 6.17. The van der Waals surface area contributed by atoms with E-state index in [1.807, 2.05) is 0 Å². The smallest absolute Gasteiger partial charge is 0.240 e. The lowest BCUT2D eigenvalue weighted by molar-refractivity contribution is -0.115. The van der Waals surface area contributed by atoms with E-state index in [1.54, 1.807) is 54.5 Å². The van der Waals surface area contributed by atoms with E-state index in [2.05, 4.69) is 15.1 Å². The number of hydrogen-bond acceptors (Lipinski definition) is 4. The second kappa shape index (κ2) is 8.14. The molecule has 0 saturated heterocycles. The van der Waals surface area contributed by atoms with Crippen molar-refractivity contribution in [1.82, 2.24) is 14.5 Å². The molecular formula is C19H19ClN4O3S. The normalized spacial score (nSPS) is 11.4. The molecule has 1 amide bonds. The van der Waals surface area contributed by atoms with Crippen molar-refractivity contribution in [3.8, 4) is 11.1 Å². The van der Waals surface area contributed by atoms with Gasteiger partial charge in [0.25, 0.3) is 0 Å². The molecule has 0 unspecified atom stereocenters. The summed E-state index contributed by atoms with van der Waals surface area (Å²) in [7, 11) is -0.593. The SMILES string of the molecule is CNS(=O)(=O)c1cc(NC(=O)Cc2ccccc2Cl)cc(-c2cnn(C)c2)c1. The molecule has 3 rings (SSSR count). The molecule has 0 fully saturated rings. The molecule has 1 heterocycles. The van der Waals surface area contributed by atoms with Crippen LogP contribution < -0.4 is 10.0 Å². The summed E-state index contributed by atoms with van der Waals surface area (Å²) in [5.41, 5.74) is 2.41. The molecule has 1 aromatic heterocycles. The van der Waals surface area contributed by atoms with Gasteiger partial charge in [0.2, 0.25) is 15.9 Å². The molecule has 2 N–H and O–H groups in total. The Labute approximate surface area is 168 Å². The highest BCUT2D eigenvalue weighted by molar-refractivity contribution is 7.89. The van der Waals surface area contributed by atoms with Crippen molar-refractivity contribution < 1.29 is 13.2 Å². The number of aryl methyl sites for hydroxylation is 1. The van der Waals surface area contributed by atoms with Crippen molar-refractivity contribution in [1.29, 1.82) is 0 Å². The number of aromatic nitrogens is 2. The molecular weight excluding hydrogens is 400 g/mol. The van der Waals surface area contributed by atoms with Crippen LogP contribution in [0.4, 0.5) is 5.69 Å². The van der Waals surface area contributed by atoms with Gasteiger partial charge in [0, 0.05) is 29.5 Å². The van der Waals surface area contributed by atoms with Gasteiger partial charge in [-0.15, -0.1) is 0 Å². The maximum atomic E-state index is 12.5. The first-order chi connectivity index (χ1) is 13.3. The van der Waals surface area contributed by atoms with Crippen LogP contribution in [0.2, 0.25) is 5.02 Å². The molecule has 0 atom stereocenters. The third-order valence-electron chi connectivity index (χ3n) is 4.12. The maximum absolute atomic E-state index is 12.5. The molecule has 9 heteroatoms. The van der Waals surface area contributed by atoms with Crippen LogP contribution in [0, 0.1) is 0 Å². The monoisotopic (exact) mass is 418 g/mol. The van der Waals surface area contributed by atoms with E-state index in [-0.39, 0.29) is 17.2 Å². The molecule has 0 aliphatic rings. The Morgan fingerprint density at radius 2 is 1.93 bits per heavy atom. The number of carbonyl (C=O) groups excluding carboxylic acids is 1. The highest BCUT2D eigenvalue weighted by Crippen LogP contribution is 2.27. The Morgan fingerprint density at radius 1 is 1.18 bits per heavy atom. The van der Waals surface area contributed by atoms with Gasteiger partial charge in [0.15, 0.2) is 0 Å². The summed E-state index contributed by atoms with van der Waals surface area (Å²) in [6.45, 7) is 0. The number of hydrogen-bond donors (Lipinski definition) is 2. The number of sulfonamides is 1. The van der Waals surface area contributed by atoms with Crippen LogP contribution in [0.15, 0.2) is 59.8 Å². The highest BCUT2D eigenvalue weighted by Gasteiger charge is 2.16. The van der Waals surface area contributed by atoms with Gasteiger partial charge in [-0.3, -0.25) is 9.48 Å². The van der Waals surface area contributed by atoms with Gasteiger partial charge in [0.1, 0.15) is 0 Å². The highest BCUT2D eigenvalue weighted by atomic mass is 35.5. The summed E-state index contributed by atoms with van der Waals surface area (Å²) >= 11 is 6.11. The summed E-state index contributed by atoms with van der Waals surface area (Å²) < 4.78 is 28.5. The Hall–Kier alpha value is -2.68. The zero-order valence-corrected chi connectivity index (χ0v) is 16.9. The number of halogens is 1. The van der Waals surface area contributed by atoms with Gasteiger partial charge in [-0.1, -0.05) is 29.8 Å². The van der Waals surface area contributed by atoms with Crippen molar-refractivity contribution in [2.24, 2.45) is 7.05 Å². The fraction of sp³-hybridized carbons (Fsp3) is 0.158. The zero-order chi connectivity index (χ0) is 20.3. The summed E-state index contributed by atoms with van der Waals surface area (Å²) in [4.78, 5) is 12.5. The number of carbonyl (C=O) groups is 1. The minimum absolute atomic E-state index is 0.0457. The lowest BCUT2D eigenvalue weighted by Gasteiger charge is -2.11. The van der Waals surface area contributed by atoms with Crippen LogP contribution in [0.3, 0.4) is 0 Å². The summed E-state index contributed by atoms with van der Waals surface area (Å²) in [5, 5.41) is 7.37. The zero-order valence-electron chi connectivity index (χ0n) is 15.3. The van der Waals surface area contributed by atoms with Crippen LogP contribution in [0.5, 0.6) is 0 Å². The number of rotatable bonds is 6. The minimum Gasteiger partial charge on any atom is -0.326 e. The van der Waals surface area contributed by atoms with Crippen molar-refractivity contribution in [2.45, 2.75) is 11.3 Å². The Bertz CT molecular complexity index is 1130. The topological polar surface area (TPSA) is 93.1 Å². The van der Waals surface area contributed by atoms with E-state index in [0.29, 0.717) is 21.8 Å². The molecule has 0 bridgehead atoms. The molecule has 7 nitrogen and oxygen atoms in total. The van der Waals surface area contributed by atoms with Crippen LogP contribution in [-0.2, 0) is 28.3 Å². The average molecular weight is 419 g/mol. The fourth-order valence-electron chi connectivity index (χ4n) is 2.70. The minimum atomic E-state index is -3.70. The molecule has 0 aliphatic heterocycles. The first-order valence-electron chi connectivity index (χ1n) is 8.39. The lowest BCUT2D eigenvalue weighted by Crippen LogP contribution is -2.19. The molecule has 0 radical (unpaired) electrons. The molecule has 2 aromatic carbocycles. The Balaban J connectivity index is 1.94. The van der Waals surface area contributed by atoms with Crippen molar-refractivity contribution in [3.05, 3.63) is 65.4 Å². The first-order valence-corrected chi connectivity index (χ1v) is 10.3. The predicted molar refractivity (Wildman–Crippen MR) is 109 cm³/mol. The van der Waals surface area contributed by atoms with E-state index in [4.69, 9.17) is 11.6 Å². The van der Waals surface area contributed by atoms with Crippen LogP contribution in [-0.4, -0.2) is 31.2 Å². The molecule has 0 spiro atoms. The van der Waals surface area contributed by atoms with E-state index in [1.165, 1.54) is 19.2 Å². The average Bonchev–Trinajstić information content (AvgIpc) is 3.10. The molecule has 0 aliphatic carbocycles. The lowest BCUT2D eigenvalue weighted by atomic mass is 10.1. The van der Waals surface area contributed by atoms with Gasteiger partial charge in [-0.2, -0.15) is 5.10 Å². The standard InChI is InChI=1S/C19H19ClN4O3S/c1-21-28(26,27)17-8-14(15-11-22-24(2)12-15)7-16(10-17)23-19(25)9-13-5-3-4-6-18(13)20/h3-8,10-12,21H,9H2,1-2H3,(H,23,25). The second-order valence-corrected chi connectivity index (χ2v) is 8.47. The number of anilines is 1. The van der Waals surface area contributed by atoms with E-state index in [9.17, 15) is 13.2 Å². The van der Waals surface area contributed by atoms with Crippen molar-refractivity contribution in [3.63, 3.8) is 0 Å². The molecule has 3 aromatic rings. The van der Waals surface area contributed by atoms with Gasteiger partial charge < -0.3 is 5.32 Å². The largest absolute Gasteiger partial charge is 0.326 e. The van der Waals surface area contributed by atoms with Gasteiger partial charge in [0.05, 0.1) is 17.5 Å². The predicted octanol–water partition coefficient (Wildman–Crippen LogP) is 2.83. The number of benzene rings is 2. The first kappa shape index (κ1) is 20.1. The Morgan fingerprint density at radius 3 is 2.57 bits per heavy atom. The third kappa shape index (κ3) is 4.59. The van der Waals surface area contributed by atoms with Crippen molar-refractivity contribution >= 4 is 33.2 Å². The fourth-order valence-corrected chi connectivity index (χ4v) is 3.70. The number of nitrogens with zero attached hydrogens (tertiary/aromatic N) is 2. The molecule has 28 heavy (non-hydrogen) atoms. The van der Waals surface area contributed by atoms with E-state index in [0.717, 1.165) is 5.56 Å². The van der Waals surface area contributed by atoms with Gasteiger partial charge in [-0.25, -0.2) is 13.1 Å². The van der Waals surface area contributed by atoms with Crippen LogP contribution >= 0.6 is 11.6 Å². The number of amides is 1.